The largest absolute Gasteiger partial charge is 0.371 e. The van der Waals surface area contributed by atoms with Gasteiger partial charge in [0.05, 0.1) is 5.69 Å². The van der Waals surface area contributed by atoms with Crippen LogP contribution in [-0.2, 0) is 6.54 Å². The first kappa shape index (κ1) is 12.4. The van der Waals surface area contributed by atoms with E-state index in [0.717, 1.165) is 24.1 Å². The third-order valence-electron chi connectivity index (χ3n) is 3.69. The summed E-state index contributed by atoms with van der Waals surface area (Å²) in [6.07, 6.45) is 3.24. The van der Waals surface area contributed by atoms with E-state index in [1.54, 1.807) is 0 Å². The third kappa shape index (κ3) is 2.97. The minimum atomic E-state index is 0.790. The van der Waals surface area contributed by atoms with Crippen LogP contribution in [0, 0.1) is 11.8 Å². The summed E-state index contributed by atoms with van der Waals surface area (Å²) in [5.41, 5.74) is 2.45. The molecular weight excluding hydrogens is 210 g/mol. The molecule has 1 atom stereocenters. The van der Waals surface area contributed by atoms with Gasteiger partial charge < -0.3 is 10.2 Å². The van der Waals surface area contributed by atoms with Gasteiger partial charge in [-0.3, -0.25) is 4.98 Å². The van der Waals surface area contributed by atoms with Crippen LogP contribution in [-0.4, -0.2) is 25.1 Å². The normalized spacial score (nSPS) is 20.2. The molecule has 1 saturated heterocycles. The van der Waals surface area contributed by atoms with Crippen molar-refractivity contribution >= 4 is 5.69 Å². The van der Waals surface area contributed by atoms with Gasteiger partial charge in [0.15, 0.2) is 0 Å². The topological polar surface area (TPSA) is 28.2 Å². The average molecular weight is 233 g/mol. The Morgan fingerprint density at radius 3 is 3.00 bits per heavy atom. The Bertz CT molecular complexity index is 362. The van der Waals surface area contributed by atoms with Crippen LogP contribution in [0.15, 0.2) is 18.3 Å². The average Bonchev–Trinajstić information content (AvgIpc) is 2.79. The lowest BCUT2D eigenvalue weighted by atomic mass is 9.95. The molecule has 1 aromatic heterocycles. The SMILES string of the molecule is CNCc1cc(N2CCC(C(C)C)C2)ccn1. The summed E-state index contributed by atoms with van der Waals surface area (Å²) in [5, 5.41) is 3.15. The summed E-state index contributed by atoms with van der Waals surface area (Å²) < 4.78 is 0. The molecule has 0 aliphatic carbocycles. The molecule has 94 valence electrons. The van der Waals surface area contributed by atoms with Crippen LogP contribution in [0.5, 0.6) is 0 Å². The highest BCUT2D eigenvalue weighted by molar-refractivity contribution is 5.47. The number of pyridine rings is 1. The standard InChI is InChI=1S/C14H23N3/c1-11(2)12-5-7-17(10-12)14-4-6-16-13(8-14)9-15-3/h4,6,8,11-12,15H,5,7,9-10H2,1-3H3. The van der Waals surface area contributed by atoms with E-state index < -0.39 is 0 Å². The van der Waals surface area contributed by atoms with Gasteiger partial charge in [0.1, 0.15) is 0 Å². The molecule has 0 aromatic carbocycles. The highest BCUT2D eigenvalue weighted by atomic mass is 15.2. The number of aromatic nitrogens is 1. The lowest BCUT2D eigenvalue weighted by Gasteiger charge is -2.20. The van der Waals surface area contributed by atoms with Crippen molar-refractivity contribution < 1.29 is 0 Å². The Labute approximate surface area is 104 Å². The zero-order chi connectivity index (χ0) is 12.3. The van der Waals surface area contributed by atoms with Crippen LogP contribution < -0.4 is 10.2 Å². The van der Waals surface area contributed by atoms with Gasteiger partial charge in [-0.15, -0.1) is 0 Å². The summed E-state index contributed by atoms with van der Waals surface area (Å²) in [7, 11) is 1.96. The van der Waals surface area contributed by atoms with E-state index >= 15 is 0 Å². The molecule has 0 saturated carbocycles. The van der Waals surface area contributed by atoms with Crippen molar-refractivity contribution in [1.29, 1.82) is 0 Å². The van der Waals surface area contributed by atoms with Gasteiger partial charge in [0.2, 0.25) is 0 Å². The Hall–Kier alpha value is -1.09. The Morgan fingerprint density at radius 1 is 1.53 bits per heavy atom. The van der Waals surface area contributed by atoms with Crippen LogP contribution >= 0.6 is 0 Å². The predicted molar refractivity (Wildman–Crippen MR) is 72.2 cm³/mol. The molecule has 1 aromatic rings. The van der Waals surface area contributed by atoms with Crippen LogP contribution in [0.1, 0.15) is 26.0 Å². The van der Waals surface area contributed by atoms with Crippen LogP contribution in [0.2, 0.25) is 0 Å². The molecule has 3 nitrogen and oxygen atoms in total. The monoisotopic (exact) mass is 233 g/mol. The van der Waals surface area contributed by atoms with E-state index in [9.17, 15) is 0 Å². The second kappa shape index (κ2) is 5.50. The first-order valence-electron chi connectivity index (χ1n) is 6.55. The molecule has 1 fully saturated rings. The summed E-state index contributed by atoms with van der Waals surface area (Å²) in [6.45, 7) is 7.88. The lowest BCUT2D eigenvalue weighted by molar-refractivity contribution is 0.423. The van der Waals surface area contributed by atoms with Crippen molar-refractivity contribution in [1.82, 2.24) is 10.3 Å². The summed E-state index contributed by atoms with van der Waals surface area (Å²) in [5.74, 6) is 1.63. The first-order valence-corrected chi connectivity index (χ1v) is 6.55. The van der Waals surface area contributed by atoms with Crippen LogP contribution in [0.25, 0.3) is 0 Å². The maximum atomic E-state index is 4.37. The van der Waals surface area contributed by atoms with Crippen molar-refractivity contribution in [2.45, 2.75) is 26.8 Å². The molecule has 0 amide bonds. The third-order valence-corrected chi connectivity index (χ3v) is 3.69. The number of nitrogens with zero attached hydrogens (tertiary/aromatic N) is 2. The van der Waals surface area contributed by atoms with E-state index in [2.05, 4.69) is 41.2 Å². The molecule has 0 radical (unpaired) electrons. The van der Waals surface area contributed by atoms with E-state index in [-0.39, 0.29) is 0 Å². The van der Waals surface area contributed by atoms with Gasteiger partial charge in [-0.1, -0.05) is 13.8 Å². The second-order valence-corrected chi connectivity index (χ2v) is 5.27. The zero-order valence-electron chi connectivity index (χ0n) is 11.1. The molecule has 1 aliphatic rings. The molecule has 1 aliphatic heterocycles. The van der Waals surface area contributed by atoms with E-state index in [0.29, 0.717) is 0 Å². The van der Waals surface area contributed by atoms with E-state index in [1.807, 2.05) is 13.2 Å². The molecule has 0 bridgehead atoms. The summed E-state index contributed by atoms with van der Waals surface area (Å²) >= 11 is 0. The Kier molecular flexibility index (Phi) is 4.00. The number of hydrogen-bond donors (Lipinski definition) is 1. The molecule has 2 heterocycles. The number of rotatable bonds is 4. The predicted octanol–water partition coefficient (Wildman–Crippen LogP) is 2.28. The summed E-state index contributed by atoms with van der Waals surface area (Å²) in [6, 6.07) is 4.33. The zero-order valence-corrected chi connectivity index (χ0v) is 11.1. The Balaban J connectivity index is 2.05. The molecule has 3 heteroatoms. The molecule has 1 N–H and O–H groups in total. The molecule has 1 unspecified atom stereocenters. The summed E-state index contributed by atoms with van der Waals surface area (Å²) in [4.78, 5) is 6.86. The van der Waals surface area contributed by atoms with Crippen LogP contribution in [0.4, 0.5) is 5.69 Å². The van der Waals surface area contributed by atoms with E-state index in [4.69, 9.17) is 0 Å². The minimum Gasteiger partial charge on any atom is -0.371 e. The highest BCUT2D eigenvalue weighted by Crippen LogP contribution is 2.28. The maximum Gasteiger partial charge on any atom is 0.0562 e. The van der Waals surface area contributed by atoms with Gasteiger partial charge >= 0.3 is 0 Å². The molecule has 0 spiro atoms. The second-order valence-electron chi connectivity index (χ2n) is 5.27. The van der Waals surface area contributed by atoms with Crippen molar-refractivity contribution in [2.75, 3.05) is 25.0 Å². The lowest BCUT2D eigenvalue weighted by Crippen LogP contribution is -2.21. The van der Waals surface area contributed by atoms with Crippen molar-refractivity contribution in [3.63, 3.8) is 0 Å². The number of hydrogen-bond acceptors (Lipinski definition) is 3. The van der Waals surface area contributed by atoms with Gasteiger partial charge in [0, 0.05) is 31.5 Å². The van der Waals surface area contributed by atoms with Gasteiger partial charge in [-0.25, -0.2) is 0 Å². The molecule has 17 heavy (non-hydrogen) atoms. The van der Waals surface area contributed by atoms with Crippen molar-refractivity contribution in [2.24, 2.45) is 11.8 Å². The quantitative estimate of drug-likeness (QED) is 0.865. The smallest absolute Gasteiger partial charge is 0.0562 e. The number of anilines is 1. The van der Waals surface area contributed by atoms with Crippen molar-refractivity contribution in [3.8, 4) is 0 Å². The van der Waals surface area contributed by atoms with E-state index in [1.165, 1.54) is 25.2 Å². The van der Waals surface area contributed by atoms with Crippen molar-refractivity contribution in [3.05, 3.63) is 24.0 Å². The highest BCUT2D eigenvalue weighted by Gasteiger charge is 2.24. The fourth-order valence-electron chi connectivity index (χ4n) is 2.51. The Morgan fingerprint density at radius 2 is 2.35 bits per heavy atom. The van der Waals surface area contributed by atoms with Crippen LogP contribution in [0.3, 0.4) is 0 Å². The van der Waals surface area contributed by atoms with Gasteiger partial charge in [0.25, 0.3) is 0 Å². The fourth-order valence-corrected chi connectivity index (χ4v) is 2.51. The fraction of sp³-hybridized carbons (Fsp3) is 0.643. The number of nitrogens with one attached hydrogen (secondary N) is 1. The molecule has 2 rings (SSSR count). The maximum absolute atomic E-state index is 4.37. The van der Waals surface area contributed by atoms with Gasteiger partial charge in [-0.05, 0) is 37.4 Å². The molecular formula is C14H23N3. The first-order chi connectivity index (χ1) is 8.20. The van der Waals surface area contributed by atoms with Gasteiger partial charge in [-0.2, -0.15) is 0 Å². The minimum absolute atomic E-state index is 0.790.